The molecule has 1 aliphatic heterocycles. The van der Waals surface area contributed by atoms with E-state index in [9.17, 15) is 0 Å². The molecule has 1 aromatic carbocycles. The standard InChI is InChI=1S/C17H22ClN3/c1-12-6-8-21(11-14(12)9-19)10-13-4-5-16(18)15-3-2-7-20-17(13)15/h2-5,7,12,14H,6,8-11,19H2,1H3. The summed E-state index contributed by atoms with van der Waals surface area (Å²) >= 11 is 6.27. The number of halogens is 1. The number of piperidine rings is 1. The van der Waals surface area contributed by atoms with Crippen molar-refractivity contribution in [3.8, 4) is 0 Å². The minimum atomic E-state index is 0.602. The molecule has 2 aromatic rings. The summed E-state index contributed by atoms with van der Waals surface area (Å²) in [6.07, 6.45) is 3.06. The van der Waals surface area contributed by atoms with Crippen LogP contribution in [0, 0.1) is 11.8 Å². The zero-order valence-electron chi connectivity index (χ0n) is 12.4. The maximum Gasteiger partial charge on any atom is 0.0761 e. The van der Waals surface area contributed by atoms with Crippen molar-refractivity contribution in [1.82, 2.24) is 9.88 Å². The quantitative estimate of drug-likeness (QED) is 0.946. The molecule has 3 nitrogen and oxygen atoms in total. The van der Waals surface area contributed by atoms with Gasteiger partial charge in [-0.25, -0.2) is 0 Å². The van der Waals surface area contributed by atoms with E-state index in [1.807, 2.05) is 24.4 Å². The fourth-order valence-electron chi connectivity index (χ4n) is 3.24. The second-order valence-corrected chi connectivity index (χ2v) is 6.51. The summed E-state index contributed by atoms with van der Waals surface area (Å²) in [5.41, 5.74) is 8.17. The molecule has 1 aliphatic rings. The number of nitrogens with two attached hydrogens (primary N) is 1. The first-order chi connectivity index (χ1) is 10.2. The summed E-state index contributed by atoms with van der Waals surface area (Å²) in [5.74, 6) is 1.33. The van der Waals surface area contributed by atoms with E-state index in [0.29, 0.717) is 5.92 Å². The lowest BCUT2D eigenvalue weighted by atomic mass is 9.87. The van der Waals surface area contributed by atoms with Crippen molar-refractivity contribution < 1.29 is 0 Å². The van der Waals surface area contributed by atoms with Crippen LogP contribution in [-0.2, 0) is 6.54 Å². The lowest BCUT2D eigenvalue weighted by Crippen LogP contribution is -2.42. The fraction of sp³-hybridized carbons (Fsp3) is 0.471. The Morgan fingerprint density at radius 3 is 3.05 bits per heavy atom. The maximum absolute atomic E-state index is 6.27. The van der Waals surface area contributed by atoms with Gasteiger partial charge in [0.2, 0.25) is 0 Å². The molecule has 2 atom stereocenters. The van der Waals surface area contributed by atoms with Gasteiger partial charge >= 0.3 is 0 Å². The SMILES string of the molecule is CC1CCN(Cc2ccc(Cl)c3cccnc23)CC1CN. The Morgan fingerprint density at radius 2 is 2.24 bits per heavy atom. The number of rotatable bonds is 3. The second kappa shape index (κ2) is 6.30. The van der Waals surface area contributed by atoms with Gasteiger partial charge in [0.15, 0.2) is 0 Å². The first-order valence-electron chi connectivity index (χ1n) is 7.63. The molecule has 0 saturated carbocycles. The average Bonchev–Trinajstić information content (AvgIpc) is 2.52. The van der Waals surface area contributed by atoms with E-state index < -0.39 is 0 Å². The summed E-state index contributed by atoms with van der Waals surface area (Å²) in [6.45, 7) is 6.22. The second-order valence-electron chi connectivity index (χ2n) is 6.10. The normalized spacial score (nSPS) is 23.6. The molecule has 2 unspecified atom stereocenters. The van der Waals surface area contributed by atoms with Gasteiger partial charge in [-0.3, -0.25) is 9.88 Å². The highest BCUT2D eigenvalue weighted by Gasteiger charge is 2.25. The predicted molar refractivity (Wildman–Crippen MR) is 88.4 cm³/mol. The van der Waals surface area contributed by atoms with Crippen molar-refractivity contribution in [2.75, 3.05) is 19.6 Å². The molecule has 1 fully saturated rings. The molecule has 4 heteroatoms. The zero-order chi connectivity index (χ0) is 14.8. The van der Waals surface area contributed by atoms with E-state index in [1.165, 1.54) is 12.0 Å². The van der Waals surface area contributed by atoms with Crippen molar-refractivity contribution >= 4 is 22.5 Å². The molecule has 0 aliphatic carbocycles. The molecule has 21 heavy (non-hydrogen) atoms. The molecule has 0 spiro atoms. The Bertz CT molecular complexity index is 628. The number of nitrogens with zero attached hydrogens (tertiary/aromatic N) is 2. The number of aromatic nitrogens is 1. The third kappa shape index (κ3) is 3.05. The molecule has 0 radical (unpaired) electrons. The summed E-state index contributed by atoms with van der Waals surface area (Å²) in [5, 5.41) is 1.81. The summed E-state index contributed by atoms with van der Waals surface area (Å²) in [6, 6.07) is 8.06. The van der Waals surface area contributed by atoms with E-state index in [0.717, 1.165) is 48.0 Å². The van der Waals surface area contributed by atoms with Gasteiger partial charge in [-0.2, -0.15) is 0 Å². The van der Waals surface area contributed by atoms with Gasteiger partial charge in [-0.1, -0.05) is 24.6 Å². The number of hydrogen-bond donors (Lipinski definition) is 1. The number of hydrogen-bond acceptors (Lipinski definition) is 3. The van der Waals surface area contributed by atoms with Crippen LogP contribution in [0.5, 0.6) is 0 Å². The van der Waals surface area contributed by atoms with Crippen LogP contribution in [0.3, 0.4) is 0 Å². The summed E-state index contributed by atoms with van der Waals surface area (Å²) in [7, 11) is 0. The molecule has 3 rings (SSSR count). The minimum absolute atomic E-state index is 0.602. The van der Waals surface area contributed by atoms with Gasteiger partial charge in [-0.05, 0) is 55.1 Å². The molecular formula is C17H22ClN3. The minimum Gasteiger partial charge on any atom is -0.330 e. The Kier molecular flexibility index (Phi) is 4.43. The van der Waals surface area contributed by atoms with Crippen LogP contribution in [0.15, 0.2) is 30.5 Å². The molecule has 1 saturated heterocycles. The Balaban J connectivity index is 1.84. The number of benzene rings is 1. The van der Waals surface area contributed by atoms with E-state index in [4.69, 9.17) is 17.3 Å². The Labute approximate surface area is 131 Å². The lowest BCUT2D eigenvalue weighted by molar-refractivity contribution is 0.126. The lowest BCUT2D eigenvalue weighted by Gasteiger charge is -2.36. The monoisotopic (exact) mass is 303 g/mol. The Morgan fingerprint density at radius 1 is 1.38 bits per heavy atom. The molecular weight excluding hydrogens is 282 g/mol. The first-order valence-corrected chi connectivity index (χ1v) is 8.01. The molecule has 112 valence electrons. The van der Waals surface area contributed by atoms with Gasteiger partial charge in [-0.15, -0.1) is 0 Å². The molecule has 2 heterocycles. The topological polar surface area (TPSA) is 42.2 Å². The third-order valence-corrected chi connectivity index (χ3v) is 5.02. The van der Waals surface area contributed by atoms with E-state index in [2.05, 4.69) is 22.9 Å². The summed E-state index contributed by atoms with van der Waals surface area (Å²) in [4.78, 5) is 7.02. The number of fused-ring (bicyclic) bond motifs is 1. The first kappa shape index (κ1) is 14.8. The van der Waals surface area contributed by atoms with Gasteiger partial charge in [0.25, 0.3) is 0 Å². The number of pyridine rings is 1. The molecule has 2 N–H and O–H groups in total. The highest BCUT2D eigenvalue weighted by atomic mass is 35.5. The van der Waals surface area contributed by atoms with Crippen molar-refractivity contribution in [2.24, 2.45) is 17.6 Å². The van der Waals surface area contributed by atoms with E-state index in [1.54, 1.807) is 0 Å². The van der Waals surface area contributed by atoms with E-state index in [-0.39, 0.29) is 0 Å². The summed E-state index contributed by atoms with van der Waals surface area (Å²) < 4.78 is 0. The van der Waals surface area contributed by atoms with Crippen LogP contribution in [0.25, 0.3) is 10.9 Å². The van der Waals surface area contributed by atoms with Crippen LogP contribution >= 0.6 is 11.6 Å². The van der Waals surface area contributed by atoms with Crippen molar-refractivity contribution in [3.05, 3.63) is 41.0 Å². The average molecular weight is 304 g/mol. The van der Waals surface area contributed by atoms with Gasteiger partial charge in [0.1, 0.15) is 0 Å². The van der Waals surface area contributed by atoms with Crippen LogP contribution in [0.1, 0.15) is 18.9 Å². The molecule has 0 bridgehead atoms. The van der Waals surface area contributed by atoms with Crippen molar-refractivity contribution in [2.45, 2.75) is 19.9 Å². The van der Waals surface area contributed by atoms with E-state index >= 15 is 0 Å². The predicted octanol–water partition coefficient (Wildman–Crippen LogP) is 3.30. The molecule has 0 amide bonds. The van der Waals surface area contributed by atoms with Crippen LogP contribution in [0.2, 0.25) is 5.02 Å². The van der Waals surface area contributed by atoms with Crippen molar-refractivity contribution in [3.63, 3.8) is 0 Å². The van der Waals surface area contributed by atoms with Gasteiger partial charge < -0.3 is 5.73 Å². The smallest absolute Gasteiger partial charge is 0.0761 e. The van der Waals surface area contributed by atoms with Crippen LogP contribution in [-0.4, -0.2) is 29.5 Å². The Hall–Kier alpha value is -1.16. The highest BCUT2D eigenvalue weighted by molar-refractivity contribution is 6.35. The number of likely N-dealkylation sites (tertiary alicyclic amines) is 1. The molecule has 1 aromatic heterocycles. The fourth-order valence-corrected chi connectivity index (χ4v) is 3.46. The third-order valence-electron chi connectivity index (χ3n) is 4.69. The van der Waals surface area contributed by atoms with Crippen molar-refractivity contribution in [1.29, 1.82) is 0 Å². The maximum atomic E-state index is 6.27. The largest absolute Gasteiger partial charge is 0.330 e. The zero-order valence-corrected chi connectivity index (χ0v) is 13.2. The van der Waals surface area contributed by atoms with Crippen LogP contribution in [0.4, 0.5) is 0 Å². The van der Waals surface area contributed by atoms with Gasteiger partial charge in [0.05, 0.1) is 5.52 Å². The highest BCUT2D eigenvalue weighted by Crippen LogP contribution is 2.28. The van der Waals surface area contributed by atoms with Crippen LogP contribution < -0.4 is 5.73 Å². The van der Waals surface area contributed by atoms with Gasteiger partial charge in [0, 0.05) is 29.7 Å².